The van der Waals surface area contributed by atoms with Gasteiger partial charge in [-0.15, -0.1) is 0 Å². The second-order valence-corrected chi connectivity index (χ2v) is 5.24. The Kier molecular flexibility index (Phi) is 5.25. The molecule has 1 aromatic carbocycles. The van der Waals surface area contributed by atoms with Gasteiger partial charge >= 0.3 is 0 Å². The number of carbonyl (C=O) groups excluding carboxylic acids is 3. The van der Waals surface area contributed by atoms with Crippen molar-refractivity contribution >= 4 is 17.7 Å². The highest BCUT2D eigenvalue weighted by Gasteiger charge is 2.29. The predicted molar refractivity (Wildman–Crippen MR) is 77.1 cm³/mol. The maximum Gasteiger partial charge on any atom is 0.246 e. The number of rotatable bonds is 4. The van der Waals surface area contributed by atoms with E-state index in [0.717, 1.165) is 12.1 Å². The summed E-state index contributed by atoms with van der Waals surface area (Å²) >= 11 is 0. The number of carbonyl (C=O) groups is 3. The normalized spacial score (nSPS) is 18.7. The summed E-state index contributed by atoms with van der Waals surface area (Å²) in [4.78, 5) is 35.5. The van der Waals surface area contributed by atoms with Gasteiger partial charge in [-0.2, -0.15) is 0 Å². The number of piperidine rings is 1. The number of benzene rings is 1. The first kappa shape index (κ1) is 16.9. The summed E-state index contributed by atoms with van der Waals surface area (Å²) in [6, 6.07) is 1.04. The molecule has 6 nitrogen and oxygen atoms in total. The minimum absolute atomic E-state index is 0.110. The first-order valence-corrected chi connectivity index (χ1v) is 7.18. The first-order valence-electron chi connectivity index (χ1n) is 7.18. The quantitative estimate of drug-likeness (QED) is 0.755. The van der Waals surface area contributed by atoms with E-state index >= 15 is 0 Å². The molecule has 0 radical (unpaired) electrons. The van der Waals surface area contributed by atoms with Crippen molar-refractivity contribution in [1.82, 2.24) is 16.0 Å². The zero-order valence-electron chi connectivity index (χ0n) is 12.5. The molecule has 2 rings (SSSR count). The molecule has 1 heterocycles. The summed E-state index contributed by atoms with van der Waals surface area (Å²) in [5, 5.41) is 7.36. The lowest BCUT2D eigenvalue weighted by Crippen LogP contribution is -2.51. The van der Waals surface area contributed by atoms with Gasteiger partial charge in [-0.3, -0.25) is 14.4 Å². The highest BCUT2D eigenvalue weighted by atomic mass is 19.2. The summed E-state index contributed by atoms with van der Waals surface area (Å²) in [5.74, 6) is -3.52. The van der Waals surface area contributed by atoms with Crippen LogP contribution in [0.3, 0.4) is 0 Å². The molecule has 1 fully saturated rings. The Labute approximate surface area is 131 Å². The molecule has 1 aromatic rings. The number of amides is 3. The Morgan fingerprint density at radius 2 is 2.04 bits per heavy atom. The van der Waals surface area contributed by atoms with E-state index in [0.29, 0.717) is 19.3 Å². The largest absolute Gasteiger partial charge is 0.357 e. The van der Waals surface area contributed by atoms with Crippen LogP contribution >= 0.6 is 0 Å². The van der Waals surface area contributed by atoms with Gasteiger partial charge in [0.1, 0.15) is 12.1 Å². The van der Waals surface area contributed by atoms with E-state index in [4.69, 9.17) is 0 Å². The first-order chi connectivity index (χ1) is 10.9. The molecule has 0 saturated carbocycles. The van der Waals surface area contributed by atoms with Gasteiger partial charge in [-0.1, -0.05) is 6.07 Å². The lowest BCUT2D eigenvalue weighted by atomic mass is 10.0. The number of hydrogen-bond donors (Lipinski definition) is 3. The van der Waals surface area contributed by atoms with Crippen LogP contribution in [0.15, 0.2) is 18.2 Å². The fourth-order valence-corrected chi connectivity index (χ4v) is 2.38. The van der Waals surface area contributed by atoms with Crippen LogP contribution in [0, 0.1) is 11.6 Å². The number of halogens is 2. The fraction of sp³-hybridized carbons (Fsp3) is 0.400. The highest BCUT2D eigenvalue weighted by molar-refractivity contribution is 5.93. The van der Waals surface area contributed by atoms with Crippen LogP contribution in [0.2, 0.25) is 0 Å². The third kappa shape index (κ3) is 4.02. The lowest BCUT2D eigenvalue weighted by Gasteiger charge is -2.25. The molecule has 1 aliphatic heterocycles. The van der Waals surface area contributed by atoms with Gasteiger partial charge in [0.25, 0.3) is 0 Å². The number of hydrogen-bond acceptors (Lipinski definition) is 3. The summed E-state index contributed by atoms with van der Waals surface area (Å²) < 4.78 is 26.4. The van der Waals surface area contributed by atoms with Crippen LogP contribution in [0.4, 0.5) is 8.78 Å². The molecule has 1 aliphatic rings. The minimum atomic E-state index is -1.18. The number of likely N-dealkylation sites (N-methyl/N-ethyl adjacent to an activating group) is 1. The van der Waals surface area contributed by atoms with Gasteiger partial charge in [-0.25, -0.2) is 8.78 Å². The van der Waals surface area contributed by atoms with Gasteiger partial charge in [0.05, 0.1) is 0 Å². The Hall–Kier alpha value is -2.51. The molecular weight excluding hydrogens is 308 g/mol. The molecule has 0 aromatic heterocycles. The monoisotopic (exact) mass is 325 g/mol. The molecule has 2 atom stereocenters. The SMILES string of the molecule is CNC(=O)[C@H](NC(=O)[C@H]1CCCC(=O)N1)c1ccc(F)c(F)c1. The van der Waals surface area contributed by atoms with Gasteiger partial charge in [0, 0.05) is 13.5 Å². The molecule has 0 bridgehead atoms. The molecule has 3 amide bonds. The van der Waals surface area contributed by atoms with Crippen molar-refractivity contribution in [3.8, 4) is 0 Å². The summed E-state index contributed by atoms with van der Waals surface area (Å²) in [6.07, 6.45) is 1.38. The van der Waals surface area contributed by atoms with Crippen molar-refractivity contribution in [2.24, 2.45) is 0 Å². The third-order valence-electron chi connectivity index (χ3n) is 3.62. The van der Waals surface area contributed by atoms with Crippen molar-refractivity contribution in [1.29, 1.82) is 0 Å². The highest BCUT2D eigenvalue weighted by Crippen LogP contribution is 2.18. The molecule has 3 N–H and O–H groups in total. The second-order valence-electron chi connectivity index (χ2n) is 5.24. The molecule has 23 heavy (non-hydrogen) atoms. The van der Waals surface area contributed by atoms with E-state index in [1.807, 2.05) is 0 Å². The Balaban J connectivity index is 2.18. The average Bonchev–Trinajstić information content (AvgIpc) is 2.54. The van der Waals surface area contributed by atoms with E-state index in [1.54, 1.807) is 0 Å². The average molecular weight is 325 g/mol. The Morgan fingerprint density at radius 3 is 2.65 bits per heavy atom. The zero-order valence-corrected chi connectivity index (χ0v) is 12.5. The predicted octanol–water partition coefficient (Wildman–Crippen LogP) is 0.537. The second kappa shape index (κ2) is 7.17. The van der Waals surface area contributed by atoms with Gasteiger partial charge in [0.15, 0.2) is 11.6 Å². The molecule has 0 spiro atoms. The summed E-state index contributed by atoms with van der Waals surface area (Å²) in [7, 11) is 1.36. The van der Waals surface area contributed by atoms with Crippen LogP contribution in [-0.4, -0.2) is 30.8 Å². The van der Waals surface area contributed by atoms with Crippen molar-refractivity contribution in [2.45, 2.75) is 31.3 Å². The summed E-state index contributed by atoms with van der Waals surface area (Å²) in [6.45, 7) is 0. The lowest BCUT2D eigenvalue weighted by molar-refractivity contribution is -0.133. The minimum Gasteiger partial charge on any atom is -0.357 e. The van der Waals surface area contributed by atoms with Gasteiger partial charge < -0.3 is 16.0 Å². The maximum absolute atomic E-state index is 13.4. The van der Waals surface area contributed by atoms with Crippen LogP contribution in [0.5, 0.6) is 0 Å². The van der Waals surface area contributed by atoms with Crippen molar-refractivity contribution in [2.75, 3.05) is 7.05 Å². The smallest absolute Gasteiger partial charge is 0.246 e. The van der Waals surface area contributed by atoms with Crippen LogP contribution in [0.1, 0.15) is 30.9 Å². The van der Waals surface area contributed by atoms with Gasteiger partial charge in [-0.05, 0) is 30.5 Å². The van der Waals surface area contributed by atoms with Crippen LogP contribution in [-0.2, 0) is 14.4 Å². The van der Waals surface area contributed by atoms with Crippen molar-refractivity contribution in [3.05, 3.63) is 35.4 Å². The van der Waals surface area contributed by atoms with E-state index in [9.17, 15) is 23.2 Å². The maximum atomic E-state index is 13.4. The standard InChI is InChI=1S/C15H17F2N3O3/c1-18-15(23)13(8-5-6-9(16)10(17)7-8)20-14(22)11-3-2-4-12(21)19-11/h5-7,11,13H,2-4H2,1H3,(H,18,23)(H,19,21)(H,20,22)/t11-,13-/m1/s1. The van der Waals surface area contributed by atoms with E-state index in [2.05, 4.69) is 16.0 Å². The van der Waals surface area contributed by atoms with E-state index in [1.165, 1.54) is 13.1 Å². The van der Waals surface area contributed by atoms with Crippen LogP contribution in [0.25, 0.3) is 0 Å². The molecule has 1 saturated heterocycles. The molecular formula is C15H17F2N3O3. The van der Waals surface area contributed by atoms with Crippen molar-refractivity contribution < 1.29 is 23.2 Å². The topological polar surface area (TPSA) is 87.3 Å². The molecule has 8 heteroatoms. The van der Waals surface area contributed by atoms with Crippen molar-refractivity contribution in [3.63, 3.8) is 0 Å². The van der Waals surface area contributed by atoms with E-state index in [-0.39, 0.29) is 11.5 Å². The summed E-state index contributed by atoms with van der Waals surface area (Å²) in [5.41, 5.74) is 0.110. The fourth-order valence-electron chi connectivity index (χ4n) is 2.38. The molecule has 0 unspecified atom stereocenters. The zero-order chi connectivity index (χ0) is 17.0. The van der Waals surface area contributed by atoms with Crippen LogP contribution < -0.4 is 16.0 Å². The number of nitrogens with one attached hydrogen (secondary N) is 3. The Morgan fingerprint density at radius 1 is 1.30 bits per heavy atom. The Bertz CT molecular complexity index is 636. The molecule has 0 aliphatic carbocycles. The molecule has 124 valence electrons. The van der Waals surface area contributed by atoms with Gasteiger partial charge in [0.2, 0.25) is 17.7 Å². The van der Waals surface area contributed by atoms with E-state index < -0.39 is 35.5 Å². The third-order valence-corrected chi connectivity index (χ3v) is 3.62.